The van der Waals surface area contributed by atoms with Gasteiger partial charge in [0.1, 0.15) is 18.1 Å². The van der Waals surface area contributed by atoms with E-state index in [9.17, 15) is 13.2 Å². The molecule has 0 spiro atoms. The van der Waals surface area contributed by atoms with E-state index in [1.165, 1.54) is 24.3 Å². The van der Waals surface area contributed by atoms with Crippen molar-refractivity contribution in [3.8, 4) is 22.6 Å². The summed E-state index contributed by atoms with van der Waals surface area (Å²) in [5.41, 5.74) is 5.43. The van der Waals surface area contributed by atoms with E-state index < -0.39 is 21.1 Å². The molecule has 0 amide bonds. The van der Waals surface area contributed by atoms with E-state index in [0.717, 1.165) is 40.5 Å². The minimum atomic E-state index is -3.94. The zero-order valence-corrected chi connectivity index (χ0v) is 19.3. The number of carboxylic acids is 1. The van der Waals surface area contributed by atoms with Gasteiger partial charge >= 0.3 is 5.97 Å². The van der Waals surface area contributed by atoms with E-state index in [4.69, 9.17) is 14.6 Å². The molecule has 6 nitrogen and oxygen atoms in total. The molecule has 3 aromatic rings. The van der Waals surface area contributed by atoms with E-state index in [2.05, 4.69) is 26.0 Å². The van der Waals surface area contributed by atoms with Gasteiger partial charge in [-0.2, -0.15) is 0 Å². The van der Waals surface area contributed by atoms with Gasteiger partial charge in [0.25, 0.3) is 0 Å². The average Bonchev–Trinajstić information content (AvgIpc) is 2.77. The zero-order valence-electron chi connectivity index (χ0n) is 18.5. The lowest BCUT2D eigenvalue weighted by atomic mass is 9.94. The molecule has 168 valence electrons. The van der Waals surface area contributed by atoms with Crippen molar-refractivity contribution in [1.82, 2.24) is 0 Å². The Kier molecular flexibility index (Phi) is 6.89. The van der Waals surface area contributed by atoms with Crippen LogP contribution in [0.25, 0.3) is 11.1 Å². The second-order valence-electron chi connectivity index (χ2n) is 7.62. The first kappa shape index (κ1) is 23.3. The van der Waals surface area contributed by atoms with Crippen LogP contribution in [0.15, 0.2) is 65.6 Å². The lowest BCUT2D eigenvalue weighted by molar-refractivity contribution is -0.136. The number of hydrogen-bond acceptors (Lipinski definition) is 5. The van der Waals surface area contributed by atoms with Crippen LogP contribution in [0.3, 0.4) is 0 Å². The highest BCUT2D eigenvalue weighted by Gasteiger charge is 2.29. The molecular formula is C25H26O6S. The summed E-state index contributed by atoms with van der Waals surface area (Å²) in [7, 11) is -2.28. The van der Waals surface area contributed by atoms with Gasteiger partial charge < -0.3 is 14.6 Å². The quantitative estimate of drug-likeness (QED) is 0.526. The van der Waals surface area contributed by atoms with Gasteiger partial charge in [0, 0.05) is 0 Å². The summed E-state index contributed by atoms with van der Waals surface area (Å²) in [5.74, 6) is -0.0619. The molecule has 0 saturated heterocycles. The molecule has 3 rings (SSSR count). The minimum Gasteiger partial charge on any atom is -0.497 e. The Bertz CT molecular complexity index is 1210. The molecular weight excluding hydrogens is 428 g/mol. The summed E-state index contributed by atoms with van der Waals surface area (Å²) in [5, 5.41) is 7.49. The predicted octanol–water partition coefficient (Wildman–Crippen LogP) is 4.80. The van der Waals surface area contributed by atoms with Gasteiger partial charge in [0.15, 0.2) is 15.1 Å². The Morgan fingerprint density at radius 2 is 1.59 bits per heavy atom. The van der Waals surface area contributed by atoms with Crippen molar-refractivity contribution in [1.29, 1.82) is 0 Å². The fourth-order valence-corrected chi connectivity index (χ4v) is 4.73. The SMILES string of the molecule is COc1cc(C)c(-c2cccc(COc3ccc(S(=O)(=O)C(C)C(=O)O)cc3)c2)c(C)c1. The molecule has 0 radical (unpaired) electrons. The van der Waals surface area contributed by atoms with Crippen molar-refractivity contribution in [3.05, 3.63) is 77.4 Å². The van der Waals surface area contributed by atoms with E-state index in [0.29, 0.717) is 12.4 Å². The van der Waals surface area contributed by atoms with Gasteiger partial charge in [-0.1, -0.05) is 18.2 Å². The van der Waals surface area contributed by atoms with Crippen molar-refractivity contribution in [2.24, 2.45) is 0 Å². The van der Waals surface area contributed by atoms with Crippen LogP contribution in [0.2, 0.25) is 0 Å². The molecule has 0 heterocycles. The molecule has 0 fully saturated rings. The maximum atomic E-state index is 12.3. The molecule has 1 N–H and O–H groups in total. The molecule has 0 saturated carbocycles. The highest BCUT2D eigenvalue weighted by Crippen LogP contribution is 2.31. The zero-order chi connectivity index (χ0) is 23.5. The number of aryl methyl sites for hydroxylation is 2. The number of rotatable bonds is 8. The topological polar surface area (TPSA) is 89.9 Å². The molecule has 0 aliphatic heterocycles. The number of aliphatic carboxylic acids is 1. The second kappa shape index (κ2) is 9.44. The highest BCUT2D eigenvalue weighted by atomic mass is 32.2. The second-order valence-corrected chi connectivity index (χ2v) is 9.89. The Morgan fingerprint density at radius 3 is 2.16 bits per heavy atom. The average molecular weight is 455 g/mol. The van der Waals surface area contributed by atoms with Crippen LogP contribution < -0.4 is 9.47 Å². The first-order chi connectivity index (χ1) is 15.1. The lowest BCUT2D eigenvalue weighted by Gasteiger charge is -2.14. The van der Waals surface area contributed by atoms with Crippen molar-refractivity contribution in [2.75, 3.05) is 7.11 Å². The minimum absolute atomic E-state index is 0.0489. The molecule has 0 aliphatic carbocycles. The molecule has 1 unspecified atom stereocenters. The number of ether oxygens (including phenoxy) is 2. The molecule has 3 aromatic carbocycles. The molecule has 0 aliphatic rings. The van der Waals surface area contributed by atoms with E-state index >= 15 is 0 Å². The Labute approximate surface area is 188 Å². The van der Waals surface area contributed by atoms with E-state index in [1.807, 2.05) is 24.3 Å². The maximum absolute atomic E-state index is 12.3. The first-order valence-electron chi connectivity index (χ1n) is 10.1. The predicted molar refractivity (Wildman–Crippen MR) is 123 cm³/mol. The monoisotopic (exact) mass is 454 g/mol. The van der Waals surface area contributed by atoms with Crippen LogP contribution in [-0.2, 0) is 21.2 Å². The van der Waals surface area contributed by atoms with Crippen LogP contribution in [0.4, 0.5) is 0 Å². The van der Waals surface area contributed by atoms with E-state index in [-0.39, 0.29) is 4.90 Å². The van der Waals surface area contributed by atoms with E-state index in [1.54, 1.807) is 7.11 Å². The number of hydrogen-bond donors (Lipinski definition) is 1. The lowest BCUT2D eigenvalue weighted by Crippen LogP contribution is -2.26. The van der Waals surface area contributed by atoms with Crippen molar-refractivity contribution >= 4 is 15.8 Å². The standard InChI is InChI=1S/C25H26O6S/c1-16-12-22(30-4)13-17(2)24(16)20-7-5-6-19(14-20)15-31-21-8-10-23(11-9-21)32(28,29)18(3)25(26)27/h5-14,18H,15H2,1-4H3,(H,26,27). The fraction of sp³-hybridized carbons (Fsp3) is 0.240. The summed E-state index contributed by atoms with van der Waals surface area (Å²) in [6, 6.07) is 17.9. The van der Waals surface area contributed by atoms with Crippen LogP contribution in [0.5, 0.6) is 11.5 Å². The highest BCUT2D eigenvalue weighted by molar-refractivity contribution is 7.92. The van der Waals surface area contributed by atoms with Gasteiger partial charge in [-0.05, 0) is 91.1 Å². The smallest absolute Gasteiger partial charge is 0.321 e. The van der Waals surface area contributed by atoms with Crippen molar-refractivity contribution < 1.29 is 27.8 Å². The van der Waals surface area contributed by atoms with Crippen LogP contribution in [0, 0.1) is 13.8 Å². The molecule has 1 atom stereocenters. The van der Waals surface area contributed by atoms with Gasteiger partial charge in [0.2, 0.25) is 0 Å². The first-order valence-corrected chi connectivity index (χ1v) is 11.6. The van der Waals surface area contributed by atoms with Crippen LogP contribution in [-0.4, -0.2) is 31.9 Å². The van der Waals surface area contributed by atoms with Gasteiger partial charge in [0.05, 0.1) is 12.0 Å². The Morgan fingerprint density at radius 1 is 0.969 bits per heavy atom. The van der Waals surface area contributed by atoms with Crippen molar-refractivity contribution in [3.63, 3.8) is 0 Å². The van der Waals surface area contributed by atoms with Gasteiger partial charge in [-0.15, -0.1) is 0 Å². The number of sulfone groups is 1. The van der Waals surface area contributed by atoms with Crippen LogP contribution >= 0.6 is 0 Å². The van der Waals surface area contributed by atoms with Crippen LogP contribution in [0.1, 0.15) is 23.6 Å². The van der Waals surface area contributed by atoms with Crippen molar-refractivity contribution in [2.45, 2.75) is 37.5 Å². The summed E-state index contributed by atoms with van der Waals surface area (Å²) >= 11 is 0. The molecule has 0 aromatic heterocycles. The number of carbonyl (C=O) groups is 1. The third kappa shape index (κ3) is 4.94. The molecule has 7 heteroatoms. The summed E-state index contributed by atoms with van der Waals surface area (Å²) in [4.78, 5) is 11.0. The van der Waals surface area contributed by atoms with Gasteiger partial charge in [-0.25, -0.2) is 8.42 Å². The Balaban J connectivity index is 1.76. The fourth-order valence-electron chi connectivity index (χ4n) is 3.54. The summed E-state index contributed by atoms with van der Waals surface area (Å²) < 4.78 is 35.8. The molecule has 0 bridgehead atoms. The molecule has 32 heavy (non-hydrogen) atoms. The number of benzene rings is 3. The summed E-state index contributed by atoms with van der Waals surface area (Å²) in [6.45, 7) is 5.56. The Hall–Kier alpha value is -3.32. The summed E-state index contributed by atoms with van der Waals surface area (Å²) in [6.07, 6.45) is 0. The number of carboxylic acid groups (broad SMARTS) is 1. The normalized spacial score (nSPS) is 12.2. The van der Waals surface area contributed by atoms with Gasteiger partial charge in [-0.3, -0.25) is 4.79 Å². The third-order valence-corrected chi connectivity index (χ3v) is 7.39. The largest absolute Gasteiger partial charge is 0.497 e. The number of methoxy groups -OCH3 is 1. The third-order valence-electron chi connectivity index (χ3n) is 5.33. The maximum Gasteiger partial charge on any atom is 0.321 e.